The molecule has 0 N–H and O–H groups in total. The van der Waals surface area contributed by atoms with Crippen molar-refractivity contribution in [1.29, 1.82) is 0 Å². The number of carbonyl (C=O) groups excluding carboxylic acids is 1. The molecule has 0 aliphatic rings. The van der Waals surface area contributed by atoms with Gasteiger partial charge in [0.05, 0.1) is 5.75 Å². The van der Waals surface area contributed by atoms with Crippen molar-refractivity contribution >= 4 is 45.1 Å². The Kier molecular flexibility index (Phi) is 6.08. The Hall–Kier alpha value is -2.48. The fourth-order valence-corrected chi connectivity index (χ4v) is 4.21. The normalized spacial score (nSPS) is 10.8. The highest BCUT2D eigenvalue weighted by Gasteiger charge is 2.19. The Bertz CT molecular complexity index is 1150. The molecule has 8 heteroatoms. The van der Waals surface area contributed by atoms with E-state index in [9.17, 15) is 4.79 Å². The number of thioether (sulfide) groups is 1. The molecule has 4 rings (SSSR count). The summed E-state index contributed by atoms with van der Waals surface area (Å²) in [6, 6.07) is 20.4. The van der Waals surface area contributed by atoms with E-state index in [0.29, 0.717) is 27.3 Å². The Morgan fingerprint density at radius 3 is 2.48 bits per heavy atom. The minimum Gasteiger partial charge on any atom is -0.293 e. The minimum absolute atomic E-state index is 0.00696. The van der Waals surface area contributed by atoms with Crippen LogP contribution in [0.5, 0.6) is 0 Å². The summed E-state index contributed by atoms with van der Waals surface area (Å²) in [5.74, 6) is 0.840. The predicted octanol–water partition coefficient (Wildman–Crippen LogP) is 5.72. The van der Waals surface area contributed by atoms with Gasteiger partial charge in [0.2, 0.25) is 0 Å². The van der Waals surface area contributed by atoms with E-state index >= 15 is 0 Å². The Morgan fingerprint density at radius 2 is 1.76 bits per heavy atom. The molecular weight excluding hydrogens is 472 g/mol. The molecule has 0 radical (unpaired) electrons. The molecule has 0 atom stereocenters. The molecule has 0 unspecified atom stereocenters. The summed E-state index contributed by atoms with van der Waals surface area (Å²) < 4.78 is 2.66. The molecule has 0 spiro atoms. The number of hydrogen-bond donors (Lipinski definition) is 0. The second-order valence-electron chi connectivity index (χ2n) is 6.02. The van der Waals surface area contributed by atoms with Crippen molar-refractivity contribution in [2.75, 3.05) is 5.75 Å². The van der Waals surface area contributed by atoms with Crippen LogP contribution < -0.4 is 0 Å². The first-order valence-electron chi connectivity index (χ1n) is 8.67. The molecule has 0 aliphatic carbocycles. The molecule has 0 saturated heterocycles. The summed E-state index contributed by atoms with van der Waals surface area (Å²) in [5, 5.41) is 9.89. The summed E-state index contributed by atoms with van der Waals surface area (Å²) >= 11 is 10.8. The van der Waals surface area contributed by atoms with E-state index in [1.807, 2.05) is 53.1 Å². The van der Waals surface area contributed by atoms with Gasteiger partial charge >= 0.3 is 0 Å². The van der Waals surface area contributed by atoms with Gasteiger partial charge in [0.15, 0.2) is 16.8 Å². The Morgan fingerprint density at radius 1 is 1.00 bits per heavy atom. The van der Waals surface area contributed by atoms with Crippen molar-refractivity contribution < 1.29 is 4.79 Å². The molecule has 0 aliphatic heterocycles. The molecule has 29 heavy (non-hydrogen) atoms. The van der Waals surface area contributed by atoms with E-state index in [2.05, 4.69) is 31.1 Å². The molecule has 0 fully saturated rings. The first-order valence-corrected chi connectivity index (χ1v) is 10.8. The van der Waals surface area contributed by atoms with Crippen LogP contribution >= 0.6 is 39.3 Å². The summed E-state index contributed by atoms with van der Waals surface area (Å²) in [6.07, 6.45) is 1.71. The lowest BCUT2D eigenvalue weighted by atomic mass is 10.1. The first kappa shape index (κ1) is 19.8. The van der Waals surface area contributed by atoms with Gasteiger partial charge in [0.1, 0.15) is 5.69 Å². The van der Waals surface area contributed by atoms with Crippen LogP contribution in [0.4, 0.5) is 0 Å². The second kappa shape index (κ2) is 8.90. The number of pyridine rings is 1. The zero-order valence-electron chi connectivity index (χ0n) is 15.0. The number of nitrogens with zero attached hydrogens (tertiary/aromatic N) is 4. The average Bonchev–Trinajstić information content (AvgIpc) is 3.17. The van der Waals surface area contributed by atoms with Crippen LogP contribution in [-0.2, 0) is 0 Å². The molecular formula is C21H14BrClN4OS. The number of ketones is 1. The molecule has 2 heterocycles. The average molecular weight is 486 g/mol. The van der Waals surface area contributed by atoms with E-state index < -0.39 is 0 Å². The fraction of sp³-hybridized carbons (Fsp3) is 0.0476. The van der Waals surface area contributed by atoms with Gasteiger partial charge in [-0.2, -0.15) is 0 Å². The quantitative estimate of drug-likeness (QED) is 0.258. The van der Waals surface area contributed by atoms with Gasteiger partial charge in [-0.25, -0.2) is 0 Å². The number of Topliss-reactive ketones (excluding diaryl/α,β-unsaturated/α-hetero) is 1. The van der Waals surface area contributed by atoms with Crippen LogP contribution in [0.15, 0.2) is 82.6 Å². The van der Waals surface area contributed by atoms with E-state index in [-0.39, 0.29) is 11.5 Å². The topological polar surface area (TPSA) is 60.7 Å². The first-order chi connectivity index (χ1) is 14.1. The van der Waals surface area contributed by atoms with Gasteiger partial charge in [-0.05, 0) is 42.5 Å². The number of hydrogen-bond acceptors (Lipinski definition) is 5. The Balaban J connectivity index is 1.68. The van der Waals surface area contributed by atoms with Crippen molar-refractivity contribution in [2.45, 2.75) is 5.16 Å². The summed E-state index contributed by atoms with van der Waals surface area (Å²) in [5.41, 5.74) is 2.18. The number of halogens is 2. The van der Waals surface area contributed by atoms with Crippen molar-refractivity contribution in [3.05, 3.63) is 88.0 Å². The van der Waals surface area contributed by atoms with Gasteiger partial charge in [0.25, 0.3) is 0 Å². The van der Waals surface area contributed by atoms with Crippen LogP contribution in [0.2, 0.25) is 5.02 Å². The third kappa shape index (κ3) is 4.42. The fourth-order valence-electron chi connectivity index (χ4n) is 2.74. The summed E-state index contributed by atoms with van der Waals surface area (Å²) in [4.78, 5) is 17.1. The third-order valence-corrected chi connectivity index (χ3v) is 5.99. The summed E-state index contributed by atoms with van der Waals surface area (Å²) in [7, 11) is 0. The molecule has 4 aromatic rings. The van der Waals surface area contributed by atoms with Crippen molar-refractivity contribution in [3.63, 3.8) is 0 Å². The van der Waals surface area contributed by atoms with Crippen LogP contribution in [-0.4, -0.2) is 31.3 Å². The molecule has 0 bridgehead atoms. The molecule has 2 aromatic carbocycles. The molecule has 5 nitrogen and oxygen atoms in total. The SMILES string of the molecule is O=C(CSc1nnc(-c2ccccn2)n1-c1ccc(Cl)cc1)c1ccccc1Br. The van der Waals surface area contributed by atoms with E-state index in [0.717, 1.165) is 10.2 Å². The minimum atomic E-state index is 0.00696. The number of rotatable bonds is 6. The molecule has 2 aromatic heterocycles. The van der Waals surface area contributed by atoms with E-state index in [1.165, 1.54) is 11.8 Å². The van der Waals surface area contributed by atoms with Gasteiger partial charge in [-0.15, -0.1) is 10.2 Å². The highest BCUT2D eigenvalue weighted by molar-refractivity contribution is 9.10. The van der Waals surface area contributed by atoms with Crippen molar-refractivity contribution in [2.24, 2.45) is 0 Å². The zero-order chi connectivity index (χ0) is 20.2. The van der Waals surface area contributed by atoms with Gasteiger partial charge in [-0.1, -0.05) is 63.6 Å². The second-order valence-corrected chi connectivity index (χ2v) is 8.26. The van der Waals surface area contributed by atoms with Gasteiger partial charge in [0, 0.05) is 26.9 Å². The number of aromatic nitrogens is 4. The maximum atomic E-state index is 12.7. The van der Waals surface area contributed by atoms with Crippen LogP contribution in [0.1, 0.15) is 10.4 Å². The van der Waals surface area contributed by atoms with Gasteiger partial charge < -0.3 is 0 Å². The maximum Gasteiger partial charge on any atom is 0.196 e. The number of benzene rings is 2. The Labute approximate surface area is 185 Å². The lowest BCUT2D eigenvalue weighted by molar-refractivity contribution is 0.102. The largest absolute Gasteiger partial charge is 0.293 e. The van der Waals surface area contributed by atoms with E-state index in [1.54, 1.807) is 24.4 Å². The van der Waals surface area contributed by atoms with Crippen LogP contribution in [0, 0.1) is 0 Å². The third-order valence-electron chi connectivity index (χ3n) is 4.12. The van der Waals surface area contributed by atoms with Gasteiger partial charge in [-0.3, -0.25) is 14.3 Å². The highest BCUT2D eigenvalue weighted by atomic mass is 79.9. The van der Waals surface area contributed by atoms with E-state index in [4.69, 9.17) is 11.6 Å². The molecule has 144 valence electrons. The number of carbonyl (C=O) groups is 1. The van der Waals surface area contributed by atoms with Crippen LogP contribution in [0.3, 0.4) is 0 Å². The molecule has 0 amide bonds. The highest BCUT2D eigenvalue weighted by Crippen LogP contribution is 2.28. The zero-order valence-corrected chi connectivity index (χ0v) is 18.2. The monoisotopic (exact) mass is 484 g/mol. The van der Waals surface area contributed by atoms with Crippen molar-refractivity contribution in [3.8, 4) is 17.2 Å². The molecule has 0 saturated carbocycles. The summed E-state index contributed by atoms with van der Waals surface area (Å²) in [6.45, 7) is 0. The van der Waals surface area contributed by atoms with Crippen LogP contribution in [0.25, 0.3) is 17.2 Å². The maximum absolute atomic E-state index is 12.7. The predicted molar refractivity (Wildman–Crippen MR) is 119 cm³/mol. The van der Waals surface area contributed by atoms with Crippen molar-refractivity contribution in [1.82, 2.24) is 19.7 Å². The smallest absolute Gasteiger partial charge is 0.196 e. The lowest BCUT2D eigenvalue weighted by Gasteiger charge is -2.10. The standard InChI is InChI=1S/C21H14BrClN4OS/c22-17-6-2-1-5-16(17)19(28)13-29-21-26-25-20(18-7-3-4-12-24-18)27(21)15-10-8-14(23)9-11-15/h1-12H,13H2. The lowest BCUT2D eigenvalue weighted by Crippen LogP contribution is -2.06.